The monoisotopic (exact) mass is 331 g/mol. The minimum Gasteiger partial charge on any atom is -0.481 e. The number of carboxylic acid groups (broad SMARTS) is 1. The summed E-state index contributed by atoms with van der Waals surface area (Å²) in [7, 11) is 1.32. The molecule has 1 fully saturated rings. The van der Waals surface area contributed by atoms with Gasteiger partial charge in [-0.05, 0) is 12.8 Å². The Morgan fingerprint density at radius 2 is 2.09 bits per heavy atom. The number of hydrogen-bond acceptors (Lipinski definition) is 8. The Morgan fingerprint density at radius 3 is 2.74 bits per heavy atom. The highest BCUT2D eigenvalue weighted by Gasteiger charge is 2.44. The van der Waals surface area contributed by atoms with Gasteiger partial charge in [0.25, 0.3) is 0 Å². The van der Waals surface area contributed by atoms with Crippen LogP contribution in [0.5, 0.6) is 0 Å². The molecule has 0 aliphatic carbocycles. The average Bonchev–Trinajstić information content (AvgIpc) is 2.95. The standard InChI is InChI=1S/C13H21N3O7/c1-22-13-12(21)11(20)10(19)8(23-13)6-16-5-7(14-15-16)3-2-4-9(17)18/h5,8,10-13,19-21H,2-4,6H2,1H3,(H,17,18)/t8-,10+,11+,12-,13-/m1/s1. The summed E-state index contributed by atoms with van der Waals surface area (Å²) in [4.78, 5) is 10.5. The summed E-state index contributed by atoms with van der Waals surface area (Å²) >= 11 is 0. The minimum atomic E-state index is -1.39. The second-order valence-electron chi connectivity index (χ2n) is 5.43. The van der Waals surface area contributed by atoms with Crippen molar-refractivity contribution in [3.63, 3.8) is 0 Å². The molecule has 0 unspecified atom stereocenters. The zero-order valence-electron chi connectivity index (χ0n) is 12.6. The van der Waals surface area contributed by atoms with Crippen molar-refractivity contribution in [2.75, 3.05) is 7.11 Å². The second-order valence-corrected chi connectivity index (χ2v) is 5.43. The van der Waals surface area contributed by atoms with Crippen LogP contribution in [0.3, 0.4) is 0 Å². The molecule has 5 atom stereocenters. The lowest BCUT2D eigenvalue weighted by Crippen LogP contribution is -2.58. The average molecular weight is 331 g/mol. The maximum atomic E-state index is 10.5. The van der Waals surface area contributed by atoms with Crippen molar-refractivity contribution >= 4 is 5.97 Å². The zero-order valence-corrected chi connectivity index (χ0v) is 12.6. The van der Waals surface area contributed by atoms with E-state index in [4.69, 9.17) is 14.6 Å². The molecule has 1 aromatic rings. The van der Waals surface area contributed by atoms with Crippen LogP contribution in [-0.4, -0.2) is 79.2 Å². The van der Waals surface area contributed by atoms with Crippen LogP contribution in [0.1, 0.15) is 18.5 Å². The fourth-order valence-corrected chi connectivity index (χ4v) is 2.41. The SMILES string of the molecule is CO[C@@H]1O[C@H](Cn2cc(CCCC(=O)O)nn2)[C@H](O)[C@H](O)[C@H]1O. The summed E-state index contributed by atoms with van der Waals surface area (Å²) in [5.41, 5.74) is 0.625. The minimum absolute atomic E-state index is 0.0525. The summed E-state index contributed by atoms with van der Waals surface area (Å²) in [5, 5.41) is 45.9. The molecule has 0 aromatic carbocycles. The predicted molar refractivity (Wildman–Crippen MR) is 74.3 cm³/mol. The lowest BCUT2D eigenvalue weighted by atomic mass is 9.99. The van der Waals surface area contributed by atoms with Crippen LogP contribution < -0.4 is 0 Å². The first-order chi connectivity index (χ1) is 10.9. The Balaban J connectivity index is 1.93. The molecular formula is C13H21N3O7. The Morgan fingerprint density at radius 1 is 1.35 bits per heavy atom. The molecule has 1 aliphatic heterocycles. The fourth-order valence-electron chi connectivity index (χ4n) is 2.41. The summed E-state index contributed by atoms with van der Waals surface area (Å²) in [6.45, 7) is 0.108. The number of ether oxygens (including phenoxy) is 2. The molecular weight excluding hydrogens is 310 g/mol. The lowest BCUT2D eigenvalue weighted by Gasteiger charge is -2.39. The molecule has 1 aromatic heterocycles. The first kappa shape index (κ1) is 17.8. The van der Waals surface area contributed by atoms with E-state index in [9.17, 15) is 20.1 Å². The quantitative estimate of drug-likeness (QED) is 0.451. The molecule has 0 radical (unpaired) electrons. The van der Waals surface area contributed by atoms with Gasteiger partial charge in [0, 0.05) is 19.7 Å². The molecule has 10 nitrogen and oxygen atoms in total. The van der Waals surface area contributed by atoms with Crippen molar-refractivity contribution in [1.82, 2.24) is 15.0 Å². The molecule has 2 rings (SSSR count). The number of aliphatic hydroxyl groups is 3. The van der Waals surface area contributed by atoms with E-state index in [0.717, 1.165) is 0 Å². The molecule has 2 heterocycles. The highest BCUT2D eigenvalue weighted by molar-refractivity contribution is 5.66. The number of aryl methyl sites for hydroxylation is 1. The number of carbonyl (C=O) groups is 1. The van der Waals surface area contributed by atoms with Crippen molar-refractivity contribution in [1.29, 1.82) is 0 Å². The summed E-state index contributed by atoms with van der Waals surface area (Å²) < 4.78 is 11.8. The first-order valence-electron chi connectivity index (χ1n) is 7.25. The number of aromatic nitrogens is 3. The normalized spacial score (nSPS) is 31.2. The summed E-state index contributed by atoms with van der Waals surface area (Å²) in [5.74, 6) is -0.866. The van der Waals surface area contributed by atoms with E-state index >= 15 is 0 Å². The summed E-state index contributed by atoms with van der Waals surface area (Å²) in [6.07, 6.45) is -3.30. The summed E-state index contributed by atoms with van der Waals surface area (Å²) in [6, 6.07) is 0. The molecule has 0 amide bonds. The van der Waals surface area contributed by atoms with Crippen molar-refractivity contribution in [2.45, 2.75) is 56.5 Å². The van der Waals surface area contributed by atoms with Gasteiger partial charge >= 0.3 is 5.97 Å². The first-order valence-corrected chi connectivity index (χ1v) is 7.25. The molecule has 23 heavy (non-hydrogen) atoms. The maximum absolute atomic E-state index is 10.5. The van der Waals surface area contributed by atoms with Gasteiger partial charge in [-0.15, -0.1) is 5.10 Å². The van der Waals surface area contributed by atoms with Gasteiger partial charge in [0.05, 0.1) is 12.2 Å². The second kappa shape index (κ2) is 7.79. The van der Waals surface area contributed by atoms with Crippen LogP contribution in [0.15, 0.2) is 6.20 Å². The van der Waals surface area contributed by atoms with E-state index < -0.39 is 36.7 Å². The number of rotatable bonds is 7. The van der Waals surface area contributed by atoms with Crippen molar-refractivity contribution in [2.24, 2.45) is 0 Å². The molecule has 4 N–H and O–H groups in total. The molecule has 0 bridgehead atoms. The van der Waals surface area contributed by atoms with Gasteiger partial charge in [-0.2, -0.15) is 0 Å². The van der Waals surface area contributed by atoms with Crippen molar-refractivity contribution < 1.29 is 34.7 Å². The topological polar surface area (TPSA) is 147 Å². The maximum Gasteiger partial charge on any atom is 0.303 e. The fraction of sp³-hybridized carbons (Fsp3) is 0.769. The Kier molecular flexibility index (Phi) is 6.02. The predicted octanol–water partition coefficient (Wildman–Crippen LogP) is -1.86. The van der Waals surface area contributed by atoms with Crippen molar-refractivity contribution in [3.05, 3.63) is 11.9 Å². The van der Waals surface area contributed by atoms with E-state index in [1.54, 1.807) is 6.20 Å². The van der Waals surface area contributed by atoms with E-state index in [1.165, 1.54) is 11.8 Å². The van der Waals surface area contributed by atoms with E-state index in [1.807, 2.05) is 0 Å². The Bertz CT molecular complexity index is 521. The zero-order chi connectivity index (χ0) is 17.0. The Labute approximate surface area is 132 Å². The molecule has 10 heteroatoms. The van der Waals surface area contributed by atoms with Gasteiger partial charge < -0.3 is 29.9 Å². The van der Waals surface area contributed by atoms with E-state index in [-0.39, 0.29) is 13.0 Å². The van der Waals surface area contributed by atoms with E-state index in [0.29, 0.717) is 18.5 Å². The third kappa shape index (κ3) is 4.45. The Hall–Kier alpha value is -1.59. The number of methoxy groups -OCH3 is 1. The van der Waals surface area contributed by atoms with Gasteiger partial charge in [0.1, 0.15) is 24.4 Å². The lowest BCUT2D eigenvalue weighted by molar-refractivity contribution is -0.292. The van der Waals surface area contributed by atoms with Gasteiger partial charge in [-0.3, -0.25) is 4.79 Å². The molecule has 1 saturated heterocycles. The number of aliphatic carboxylic acids is 1. The van der Waals surface area contributed by atoms with Gasteiger partial charge in [-0.25, -0.2) is 4.68 Å². The van der Waals surface area contributed by atoms with E-state index in [2.05, 4.69) is 10.3 Å². The van der Waals surface area contributed by atoms with Crippen LogP contribution >= 0.6 is 0 Å². The van der Waals surface area contributed by atoms with Crippen LogP contribution in [0.4, 0.5) is 0 Å². The van der Waals surface area contributed by atoms with Crippen LogP contribution in [-0.2, 0) is 27.2 Å². The number of nitrogens with zero attached hydrogens (tertiary/aromatic N) is 3. The van der Waals surface area contributed by atoms with Gasteiger partial charge in [0.2, 0.25) is 0 Å². The highest BCUT2D eigenvalue weighted by atomic mass is 16.7. The third-order valence-corrected chi connectivity index (χ3v) is 3.68. The number of aliphatic hydroxyl groups excluding tert-OH is 3. The van der Waals surface area contributed by atoms with Crippen molar-refractivity contribution in [3.8, 4) is 0 Å². The van der Waals surface area contributed by atoms with Crippen LogP contribution in [0, 0.1) is 0 Å². The molecule has 0 spiro atoms. The number of carboxylic acids is 1. The molecule has 1 aliphatic rings. The van der Waals surface area contributed by atoms with Gasteiger partial charge in [0.15, 0.2) is 6.29 Å². The highest BCUT2D eigenvalue weighted by Crippen LogP contribution is 2.22. The third-order valence-electron chi connectivity index (χ3n) is 3.68. The van der Waals surface area contributed by atoms with Crippen LogP contribution in [0.2, 0.25) is 0 Å². The molecule has 130 valence electrons. The van der Waals surface area contributed by atoms with Gasteiger partial charge in [-0.1, -0.05) is 5.21 Å². The largest absolute Gasteiger partial charge is 0.481 e. The molecule has 0 saturated carbocycles. The van der Waals surface area contributed by atoms with Crippen LogP contribution in [0.25, 0.3) is 0 Å². The number of hydrogen-bond donors (Lipinski definition) is 4. The smallest absolute Gasteiger partial charge is 0.303 e.